The van der Waals surface area contributed by atoms with Gasteiger partial charge in [-0.15, -0.1) is 0 Å². The Morgan fingerprint density at radius 3 is 2.71 bits per heavy atom. The van der Waals surface area contributed by atoms with E-state index in [4.69, 9.17) is 10.8 Å². The first-order valence-electron chi connectivity index (χ1n) is 7.37. The normalized spacial score (nSPS) is 12.0. The van der Waals surface area contributed by atoms with Gasteiger partial charge in [-0.2, -0.15) is 0 Å². The van der Waals surface area contributed by atoms with Crippen molar-refractivity contribution in [1.82, 2.24) is 4.98 Å². The van der Waals surface area contributed by atoms with Gasteiger partial charge in [0, 0.05) is 36.4 Å². The Kier molecular flexibility index (Phi) is 5.54. The van der Waals surface area contributed by atoms with Gasteiger partial charge in [-0.1, -0.05) is 0 Å². The maximum Gasteiger partial charge on any atom is 0.330 e. The third-order valence-electron chi connectivity index (χ3n) is 3.48. The number of carbonyl (C=O) groups excluding carboxylic acids is 2. The number of H-pyrrole nitrogens is 1. The van der Waals surface area contributed by atoms with Crippen molar-refractivity contribution in [2.45, 2.75) is 31.7 Å². The summed E-state index contributed by atoms with van der Waals surface area (Å²) in [6.07, 6.45) is 1.56. The Bertz CT molecular complexity index is 767. The Hall–Kier alpha value is -2.87. The molecule has 2 aromatic rings. The maximum atomic E-state index is 11.8. The van der Waals surface area contributed by atoms with E-state index < -0.39 is 23.9 Å². The highest BCUT2D eigenvalue weighted by Gasteiger charge is 2.20. The number of hydrogen-bond acceptors (Lipinski definition) is 6. The molecule has 24 heavy (non-hydrogen) atoms. The van der Waals surface area contributed by atoms with Crippen LogP contribution in [0.5, 0.6) is 5.75 Å². The average Bonchev–Trinajstić information content (AvgIpc) is 2.89. The molecule has 0 fully saturated rings. The van der Waals surface area contributed by atoms with Crippen molar-refractivity contribution in [3.05, 3.63) is 30.0 Å². The number of rotatable bonds is 7. The number of phenols is 1. The van der Waals surface area contributed by atoms with Gasteiger partial charge in [-0.05, 0) is 30.2 Å². The van der Waals surface area contributed by atoms with Crippen molar-refractivity contribution in [1.29, 1.82) is 0 Å². The molecule has 0 unspecified atom stereocenters. The summed E-state index contributed by atoms with van der Waals surface area (Å²) in [4.78, 5) is 36.7. The number of phenolic OH excluding ortho intramolecular Hbond substituents is 1. The van der Waals surface area contributed by atoms with Gasteiger partial charge in [0.15, 0.2) is 0 Å². The molecule has 0 aliphatic carbocycles. The standard InChI is InChI=1S/C16H18N2O6/c17-12(16(23)24-15(22)3-1-2-14(20)21)6-9-8-18-13-5-4-10(19)7-11(9)13/h4-5,7-8,12,18-19H,1-3,6,17H2,(H,20,21)/t12-/m0/s1. The number of aromatic amines is 1. The molecule has 0 saturated heterocycles. The second-order valence-corrected chi connectivity index (χ2v) is 5.39. The fourth-order valence-electron chi connectivity index (χ4n) is 2.28. The number of carboxylic acid groups (broad SMARTS) is 1. The minimum Gasteiger partial charge on any atom is -0.508 e. The number of esters is 2. The number of benzene rings is 1. The first-order valence-corrected chi connectivity index (χ1v) is 7.37. The van der Waals surface area contributed by atoms with Crippen LogP contribution >= 0.6 is 0 Å². The quantitative estimate of drug-likeness (QED) is 0.438. The predicted molar refractivity (Wildman–Crippen MR) is 84.2 cm³/mol. The van der Waals surface area contributed by atoms with E-state index in [0.29, 0.717) is 5.56 Å². The lowest BCUT2D eigenvalue weighted by molar-refractivity contribution is -0.160. The number of aliphatic carboxylic acids is 1. The predicted octanol–water partition coefficient (Wildman–Crippen LogP) is 1.07. The van der Waals surface area contributed by atoms with Crippen LogP contribution in [0.15, 0.2) is 24.4 Å². The fraction of sp³-hybridized carbons (Fsp3) is 0.312. The number of fused-ring (bicyclic) bond motifs is 1. The zero-order chi connectivity index (χ0) is 17.7. The summed E-state index contributed by atoms with van der Waals surface area (Å²) in [5.74, 6) is -2.60. The van der Waals surface area contributed by atoms with Crippen LogP contribution in [0.1, 0.15) is 24.8 Å². The summed E-state index contributed by atoms with van der Waals surface area (Å²) in [6.45, 7) is 0. The summed E-state index contributed by atoms with van der Waals surface area (Å²) >= 11 is 0. The zero-order valence-corrected chi connectivity index (χ0v) is 12.8. The second kappa shape index (κ2) is 7.60. The van der Waals surface area contributed by atoms with Crippen molar-refractivity contribution < 1.29 is 29.3 Å². The number of nitrogens with two attached hydrogens (primary N) is 1. The Morgan fingerprint density at radius 1 is 1.25 bits per heavy atom. The van der Waals surface area contributed by atoms with Crippen LogP contribution in [0.2, 0.25) is 0 Å². The van der Waals surface area contributed by atoms with Crippen molar-refractivity contribution >= 4 is 28.8 Å². The van der Waals surface area contributed by atoms with Crippen molar-refractivity contribution in [3.63, 3.8) is 0 Å². The Balaban J connectivity index is 1.92. The Labute approximate surface area is 137 Å². The first kappa shape index (κ1) is 17.5. The van der Waals surface area contributed by atoms with Gasteiger partial charge in [0.1, 0.15) is 11.8 Å². The molecule has 1 aromatic heterocycles. The van der Waals surface area contributed by atoms with Crippen molar-refractivity contribution in [3.8, 4) is 5.75 Å². The van der Waals surface area contributed by atoms with Gasteiger partial charge < -0.3 is 25.7 Å². The monoisotopic (exact) mass is 334 g/mol. The van der Waals surface area contributed by atoms with Gasteiger partial charge in [0.2, 0.25) is 0 Å². The number of ether oxygens (including phenoxy) is 1. The van der Waals surface area contributed by atoms with E-state index >= 15 is 0 Å². The first-order chi connectivity index (χ1) is 11.4. The van der Waals surface area contributed by atoms with E-state index in [1.807, 2.05) is 0 Å². The molecule has 1 aromatic carbocycles. The molecule has 128 valence electrons. The van der Waals surface area contributed by atoms with Gasteiger partial charge in [-0.25, -0.2) is 4.79 Å². The van der Waals surface area contributed by atoms with Gasteiger partial charge >= 0.3 is 17.9 Å². The second-order valence-electron chi connectivity index (χ2n) is 5.39. The van der Waals surface area contributed by atoms with Crippen LogP contribution < -0.4 is 5.73 Å². The highest BCUT2D eigenvalue weighted by atomic mass is 16.6. The third kappa shape index (κ3) is 4.56. The minimum atomic E-state index is -1.05. The fourth-order valence-corrected chi connectivity index (χ4v) is 2.28. The number of hydrogen-bond donors (Lipinski definition) is 4. The average molecular weight is 334 g/mol. The molecule has 0 aliphatic rings. The van der Waals surface area contributed by atoms with Crippen LogP contribution in [-0.2, 0) is 25.5 Å². The summed E-state index contributed by atoms with van der Waals surface area (Å²) < 4.78 is 4.62. The topological polar surface area (TPSA) is 143 Å². The lowest BCUT2D eigenvalue weighted by Crippen LogP contribution is -2.35. The number of carbonyl (C=O) groups is 3. The lowest BCUT2D eigenvalue weighted by Gasteiger charge is -2.10. The molecular formula is C16H18N2O6. The van der Waals surface area contributed by atoms with Gasteiger partial charge in [-0.3, -0.25) is 9.59 Å². The van der Waals surface area contributed by atoms with Crippen LogP contribution in [0.3, 0.4) is 0 Å². The molecule has 0 aliphatic heterocycles. The van der Waals surface area contributed by atoms with Gasteiger partial charge in [0.05, 0.1) is 0 Å². The molecule has 0 saturated carbocycles. The number of aromatic hydroxyl groups is 1. The highest BCUT2D eigenvalue weighted by Crippen LogP contribution is 2.23. The van der Waals surface area contributed by atoms with Crippen molar-refractivity contribution in [2.75, 3.05) is 0 Å². The molecule has 0 spiro atoms. The van der Waals surface area contributed by atoms with Crippen LogP contribution in [0.4, 0.5) is 0 Å². The molecule has 0 bridgehead atoms. The molecule has 1 heterocycles. The van der Waals surface area contributed by atoms with Crippen LogP contribution in [0.25, 0.3) is 10.9 Å². The number of carboxylic acids is 1. The van der Waals surface area contributed by atoms with Crippen LogP contribution in [-0.4, -0.2) is 39.1 Å². The minimum absolute atomic E-state index is 0.0908. The van der Waals surface area contributed by atoms with E-state index in [9.17, 15) is 19.5 Å². The summed E-state index contributed by atoms with van der Waals surface area (Å²) in [7, 11) is 0. The van der Waals surface area contributed by atoms with E-state index in [-0.39, 0.29) is 31.4 Å². The highest BCUT2D eigenvalue weighted by molar-refractivity contribution is 5.90. The van der Waals surface area contributed by atoms with Crippen LogP contribution in [0, 0.1) is 0 Å². The molecule has 5 N–H and O–H groups in total. The molecule has 8 nitrogen and oxygen atoms in total. The lowest BCUT2D eigenvalue weighted by atomic mass is 10.1. The largest absolute Gasteiger partial charge is 0.508 e. The summed E-state index contributed by atoms with van der Waals surface area (Å²) in [5.41, 5.74) is 7.26. The zero-order valence-electron chi connectivity index (χ0n) is 12.8. The SMILES string of the molecule is N[C@@H](Cc1c[nH]c2ccc(O)cc12)C(=O)OC(=O)CCCC(=O)O. The van der Waals surface area contributed by atoms with Gasteiger partial charge in [0.25, 0.3) is 0 Å². The number of nitrogens with one attached hydrogen (secondary N) is 1. The summed E-state index contributed by atoms with van der Waals surface area (Å²) in [6, 6.07) is 3.74. The van der Waals surface area contributed by atoms with E-state index in [0.717, 1.165) is 10.9 Å². The van der Waals surface area contributed by atoms with E-state index in [1.165, 1.54) is 6.07 Å². The molecule has 1 atom stereocenters. The van der Waals surface area contributed by atoms with Crippen molar-refractivity contribution in [2.24, 2.45) is 5.73 Å². The molecule has 2 rings (SSSR count). The third-order valence-corrected chi connectivity index (χ3v) is 3.48. The van der Waals surface area contributed by atoms with E-state index in [2.05, 4.69) is 9.72 Å². The smallest absolute Gasteiger partial charge is 0.330 e. The Morgan fingerprint density at radius 2 is 2.00 bits per heavy atom. The molecule has 8 heteroatoms. The molecular weight excluding hydrogens is 316 g/mol. The number of aromatic nitrogens is 1. The van der Waals surface area contributed by atoms with E-state index in [1.54, 1.807) is 18.3 Å². The molecule has 0 radical (unpaired) electrons. The molecule has 0 amide bonds. The summed E-state index contributed by atoms with van der Waals surface area (Å²) in [5, 5.41) is 18.7. The maximum absolute atomic E-state index is 11.8.